The maximum absolute atomic E-state index is 3.53. The minimum absolute atomic E-state index is 0.866. The van der Waals surface area contributed by atoms with Crippen molar-refractivity contribution in [1.29, 1.82) is 0 Å². The van der Waals surface area contributed by atoms with E-state index in [2.05, 4.69) is 16.5 Å². The van der Waals surface area contributed by atoms with E-state index >= 15 is 0 Å². The summed E-state index contributed by atoms with van der Waals surface area (Å²) in [5.41, 5.74) is 0. The van der Waals surface area contributed by atoms with Crippen LogP contribution in [0, 0.1) is 5.92 Å². The van der Waals surface area contributed by atoms with Crippen LogP contribution in [0.1, 0.15) is 19.3 Å². The van der Waals surface area contributed by atoms with Crippen LogP contribution >= 0.6 is 11.8 Å². The lowest BCUT2D eigenvalue weighted by Gasteiger charge is -2.36. The third-order valence-corrected chi connectivity index (χ3v) is 4.06. The molecule has 1 aliphatic heterocycles. The van der Waals surface area contributed by atoms with Gasteiger partial charge in [0.25, 0.3) is 0 Å². The van der Waals surface area contributed by atoms with Gasteiger partial charge in [-0.3, -0.25) is 4.90 Å². The Kier molecular flexibility index (Phi) is 4.14. The molecule has 2 rings (SSSR count). The summed E-state index contributed by atoms with van der Waals surface area (Å²) in [7, 11) is 0. The zero-order valence-electron chi connectivity index (χ0n) is 9.17. The minimum atomic E-state index is 0.866. The highest BCUT2D eigenvalue weighted by Crippen LogP contribution is 2.35. The van der Waals surface area contributed by atoms with Crippen LogP contribution in [0.2, 0.25) is 0 Å². The largest absolute Gasteiger partial charge is 0.314 e. The average Bonchev–Trinajstić information content (AvgIpc) is 3.03. The molecule has 2 aliphatic rings. The molecule has 0 amide bonds. The Morgan fingerprint density at radius 1 is 1.43 bits per heavy atom. The van der Waals surface area contributed by atoms with Gasteiger partial charge in [-0.1, -0.05) is 0 Å². The van der Waals surface area contributed by atoms with Crippen molar-refractivity contribution in [2.24, 2.45) is 5.92 Å². The maximum Gasteiger partial charge on any atom is 0.0249 e. The maximum atomic E-state index is 3.53. The van der Waals surface area contributed by atoms with Crippen molar-refractivity contribution in [1.82, 2.24) is 10.2 Å². The number of nitrogens with zero attached hydrogens (tertiary/aromatic N) is 1. The fourth-order valence-electron chi connectivity index (χ4n) is 2.40. The first kappa shape index (κ1) is 10.8. The summed E-state index contributed by atoms with van der Waals surface area (Å²) in [6.45, 7) is 5.03. The van der Waals surface area contributed by atoms with Gasteiger partial charge >= 0.3 is 0 Å². The Balaban J connectivity index is 1.74. The van der Waals surface area contributed by atoms with Gasteiger partial charge in [0.1, 0.15) is 0 Å². The predicted octanol–water partition coefficient (Wildman–Crippen LogP) is 1.42. The topological polar surface area (TPSA) is 15.3 Å². The van der Waals surface area contributed by atoms with Crippen molar-refractivity contribution < 1.29 is 0 Å². The molecule has 2 nitrogen and oxygen atoms in total. The second kappa shape index (κ2) is 5.38. The van der Waals surface area contributed by atoms with E-state index < -0.39 is 0 Å². The molecule has 82 valence electrons. The quantitative estimate of drug-likeness (QED) is 0.697. The standard InChI is InChI=1S/C11H22N2S/c1-14-8-2-6-13-7-5-12-9-11(13)10-3-4-10/h10-12H,2-9H2,1H3. The van der Waals surface area contributed by atoms with E-state index in [0.29, 0.717) is 0 Å². The van der Waals surface area contributed by atoms with Gasteiger partial charge in [0.2, 0.25) is 0 Å². The number of thioether (sulfide) groups is 1. The highest BCUT2D eigenvalue weighted by molar-refractivity contribution is 7.98. The van der Waals surface area contributed by atoms with Gasteiger partial charge in [-0.2, -0.15) is 11.8 Å². The van der Waals surface area contributed by atoms with Crippen LogP contribution in [0.4, 0.5) is 0 Å². The molecule has 1 saturated carbocycles. The minimum Gasteiger partial charge on any atom is -0.314 e. The number of hydrogen-bond donors (Lipinski definition) is 1. The van der Waals surface area contributed by atoms with Crippen molar-refractivity contribution in [3.63, 3.8) is 0 Å². The van der Waals surface area contributed by atoms with E-state index in [-0.39, 0.29) is 0 Å². The molecule has 1 saturated heterocycles. The first-order chi connectivity index (χ1) is 6.92. The van der Waals surface area contributed by atoms with Crippen LogP contribution in [0.3, 0.4) is 0 Å². The third kappa shape index (κ3) is 2.88. The number of rotatable bonds is 5. The summed E-state index contributed by atoms with van der Waals surface area (Å²) >= 11 is 1.97. The molecule has 0 bridgehead atoms. The second-order valence-electron chi connectivity index (χ2n) is 4.49. The summed E-state index contributed by atoms with van der Waals surface area (Å²) < 4.78 is 0. The zero-order valence-corrected chi connectivity index (χ0v) is 9.98. The van der Waals surface area contributed by atoms with Crippen LogP contribution in [0.25, 0.3) is 0 Å². The molecule has 1 atom stereocenters. The molecule has 0 radical (unpaired) electrons. The Morgan fingerprint density at radius 2 is 2.29 bits per heavy atom. The van der Waals surface area contributed by atoms with Crippen molar-refractivity contribution >= 4 is 11.8 Å². The predicted molar refractivity (Wildman–Crippen MR) is 64.0 cm³/mol. The van der Waals surface area contributed by atoms with E-state index in [0.717, 1.165) is 12.0 Å². The summed E-state index contributed by atoms with van der Waals surface area (Å²) in [5.74, 6) is 2.35. The van der Waals surface area contributed by atoms with E-state index in [1.807, 2.05) is 11.8 Å². The lowest BCUT2D eigenvalue weighted by Crippen LogP contribution is -2.52. The van der Waals surface area contributed by atoms with Crippen molar-refractivity contribution in [3.8, 4) is 0 Å². The third-order valence-electron chi connectivity index (χ3n) is 3.36. The molecule has 2 fully saturated rings. The van der Waals surface area contributed by atoms with Gasteiger partial charge in [-0.15, -0.1) is 0 Å². The van der Waals surface area contributed by atoms with Gasteiger partial charge in [-0.05, 0) is 43.7 Å². The summed E-state index contributed by atoms with van der Waals surface area (Å²) in [5, 5.41) is 3.53. The number of nitrogens with one attached hydrogen (secondary N) is 1. The molecule has 0 aromatic heterocycles. The van der Waals surface area contributed by atoms with Crippen molar-refractivity contribution in [3.05, 3.63) is 0 Å². The molecule has 0 spiro atoms. The van der Waals surface area contributed by atoms with Gasteiger partial charge in [0.15, 0.2) is 0 Å². The number of hydrogen-bond acceptors (Lipinski definition) is 3. The lowest BCUT2D eigenvalue weighted by molar-refractivity contribution is 0.144. The summed E-state index contributed by atoms with van der Waals surface area (Å²) in [6.07, 6.45) is 6.53. The molecule has 1 N–H and O–H groups in total. The van der Waals surface area contributed by atoms with E-state index in [9.17, 15) is 0 Å². The number of piperazine rings is 1. The molecule has 1 aliphatic carbocycles. The smallest absolute Gasteiger partial charge is 0.0249 e. The SMILES string of the molecule is CSCCCN1CCNCC1C1CC1. The van der Waals surface area contributed by atoms with Crippen LogP contribution in [-0.4, -0.2) is 49.1 Å². The molecule has 0 aromatic carbocycles. The first-order valence-corrected chi connectivity index (χ1v) is 7.25. The van der Waals surface area contributed by atoms with Gasteiger partial charge in [-0.25, -0.2) is 0 Å². The zero-order chi connectivity index (χ0) is 9.80. The van der Waals surface area contributed by atoms with Crippen LogP contribution in [-0.2, 0) is 0 Å². The van der Waals surface area contributed by atoms with Crippen LogP contribution < -0.4 is 5.32 Å². The second-order valence-corrected chi connectivity index (χ2v) is 5.48. The first-order valence-electron chi connectivity index (χ1n) is 5.85. The molecule has 1 unspecified atom stereocenters. The van der Waals surface area contributed by atoms with Crippen molar-refractivity contribution in [2.45, 2.75) is 25.3 Å². The van der Waals surface area contributed by atoms with E-state index in [1.54, 1.807) is 0 Å². The molecular weight excluding hydrogens is 192 g/mol. The fourth-order valence-corrected chi connectivity index (χ4v) is 2.82. The molecule has 14 heavy (non-hydrogen) atoms. The Hall–Kier alpha value is 0.270. The summed E-state index contributed by atoms with van der Waals surface area (Å²) in [6, 6.07) is 0.866. The lowest BCUT2D eigenvalue weighted by atomic mass is 10.1. The average molecular weight is 214 g/mol. The molecule has 3 heteroatoms. The van der Waals surface area contributed by atoms with E-state index in [1.165, 1.54) is 51.2 Å². The van der Waals surface area contributed by atoms with Crippen molar-refractivity contribution in [2.75, 3.05) is 38.2 Å². The molecular formula is C11H22N2S. The van der Waals surface area contributed by atoms with Gasteiger partial charge in [0, 0.05) is 25.7 Å². The van der Waals surface area contributed by atoms with Crippen LogP contribution in [0.15, 0.2) is 0 Å². The van der Waals surface area contributed by atoms with Crippen LogP contribution in [0.5, 0.6) is 0 Å². The Morgan fingerprint density at radius 3 is 3.00 bits per heavy atom. The van der Waals surface area contributed by atoms with E-state index in [4.69, 9.17) is 0 Å². The van der Waals surface area contributed by atoms with Gasteiger partial charge < -0.3 is 5.32 Å². The van der Waals surface area contributed by atoms with Gasteiger partial charge in [0.05, 0.1) is 0 Å². The molecule has 0 aromatic rings. The highest BCUT2D eigenvalue weighted by atomic mass is 32.2. The Labute approximate surface area is 91.8 Å². The Bertz CT molecular complexity index is 171. The highest BCUT2D eigenvalue weighted by Gasteiger charge is 2.35. The normalized spacial score (nSPS) is 29.4. The molecule has 1 heterocycles. The monoisotopic (exact) mass is 214 g/mol. The summed E-state index contributed by atoms with van der Waals surface area (Å²) in [4.78, 5) is 2.73. The fraction of sp³-hybridized carbons (Fsp3) is 1.00.